The van der Waals surface area contributed by atoms with Crippen molar-refractivity contribution in [2.24, 2.45) is 16.6 Å². The third-order valence-corrected chi connectivity index (χ3v) is 8.46. The minimum absolute atomic E-state index is 0.00633. The van der Waals surface area contributed by atoms with Crippen LogP contribution in [0.3, 0.4) is 0 Å². The van der Waals surface area contributed by atoms with Gasteiger partial charge in [0.05, 0.1) is 11.6 Å². The van der Waals surface area contributed by atoms with Crippen molar-refractivity contribution in [1.29, 1.82) is 0 Å². The predicted molar refractivity (Wildman–Crippen MR) is 121 cm³/mol. The van der Waals surface area contributed by atoms with E-state index in [1.807, 2.05) is 0 Å². The molecule has 0 saturated carbocycles. The Morgan fingerprint density at radius 3 is 2.52 bits per heavy atom. The van der Waals surface area contributed by atoms with Crippen molar-refractivity contribution in [3.05, 3.63) is 44.7 Å². The van der Waals surface area contributed by atoms with Gasteiger partial charge in [0.25, 0.3) is 10.0 Å². The lowest BCUT2D eigenvalue weighted by Crippen LogP contribution is -2.42. The van der Waals surface area contributed by atoms with Gasteiger partial charge in [0.2, 0.25) is 5.96 Å². The van der Waals surface area contributed by atoms with Gasteiger partial charge < -0.3 is 26.1 Å². The van der Waals surface area contributed by atoms with Crippen LogP contribution in [0, 0.1) is 0 Å². The first kappa shape index (κ1) is 25.2. The number of halogens is 2. The lowest BCUT2D eigenvalue weighted by atomic mass is 10.1. The van der Waals surface area contributed by atoms with Crippen LogP contribution < -0.4 is 20.9 Å². The first-order valence-electron chi connectivity index (χ1n) is 8.70. The molecule has 2 aromatic rings. The van der Waals surface area contributed by atoms with Crippen molar-refractivity contribution in [2.45, 2.75) is 23.1 Å². The molecule has 0 saturated heterocycles. The molecule has 170 valence electrons. The highest BCUT2D eigenvalue weighted by Gasteiger charge is 2.29. The van der Waals surface area contributed by atoms with Gasteiger partial charge >= 0.3 is 5.97 Å². The zero-order valence-corrected chi connectivity index (χ0v) is 19.9. The average Bonchev–Trinajstić information content (AvgIpc) is 3.04. The zero-order valence-electron chi connectivity index (χ0n) is 16.0. The van der Waals surface area contributed by atoms with E-state index in [2.05, 4.69) is 25.8 Å². The number of carboxylic acid groups (broad SMARTS) is 1. The normalized spacial score (nSPS) is 12.2. The summed E-state index contributed by atoms with van der Waals surface area (Å²) < 4.78 is 33.1. The number of nitrogens with two attached hydrogens (primary N) is 2. The van der Waals surface area contributed by atoms with Gasteiger partial charge in [0, 0.05) is 16.3 Å². The maximum Gasteiger partial charge on any atom is 0.322 e. The molecular weight excluding hydrogens is 536 g/mol. The van der Waals surface area contributed by atoms with E-state index in [1.165, 1.54) is 5.38 Å². The molecule has 6 N–H and O–H groups in total. The molecule has 0 bridgehead atoms. The number of carboxylic acids is 1. The molecule has 0 amide bonds. The van der Waals surface area contributed by atoms with Crippen LogP contribution in [-0.4, -0.2) is 44.7 Å². The molecule has 0 radical (unpaired) electrons. The molecule has 1 aromatic heterocycles. The monoisotopic (exact) mass is 554 g/mol. The zero-order chi connectivity index (χ0) is 23.0. The lowest BCUT2D eigenvalue weighted by Gasteiger charge is -2.15. The number of hydrogen-bond donors (Lipinski definition) is 4. The number of carbonyl (C=O) groups is 1. The number of hydrogen-bond acceptors (Lipinski definition) is 7. The molecule has 10 nitrogen and oxygen atoms in total. The molecule has 0 unspecified atom stereocenters. The third kappa shape index (κ3) is 7.85. The lowest BCUT2D eigenvalue weighted by molar-refractivity contribution is -0.138. The summed E-state index contributed by atoms with van der Waals surface area (Å²) >= 11 is 10.0. The van der Waals surface area contributed by atoms with Gasteiger partial charge in [-0.15, -0.1) is 11.3 Å². The molecule has 1 aromatic carbocycles. The highest BCUT2D eigenvalue weighted by atomic mass is 79.9. The topological polar surface area (TPSA) is 166 Å². The van der Waals surface area contributed by atoms with Crippen molar-refractivity contribution in [1.82, 2.24) is 4.72 Å². The van der Waals surface area contributed by atoms with Crippen molar-refractivity contribution >= 4 is 60.8 Å². The summed E-state index contributed by atoms with van der Waals surface area (Å²) in [4.78, 5) is 16.4. The predicted octanol–water partition coefficient (Wildman–Crippen LogP) is 2.11. The van der Waals surface area contributed by atoms with Crippen LogP contribution in [0.4, 0.5) is 0 Å². The number of benzene rings is 1. The number of oxime groups is 1. The summed E-state index contributed by atoms with van der Waals surface area (Å²) in [5.41, 5.74) is 10.9. The Hall–Kier alpha value is -2.06. The fourth-order valence-electron chi connectivity index (χ4n) is 2.30. The number of ether oxygens (including phenoxy) is 1. The van der Waals surface area contributed by atoms with Gasteiger partial charge in [0.1, 0.15) is 18.4 Å². The fraction of sp³-hybridized carbons (Fsp3) is 0.294. The van der Waals surface area contributed by atoms with Crippen LogP contribution in [0.1, 0.15) is 12.0 Å². The molecule has 0 spiro atoms. The standard InChI is InChI=1S/C17H20BrClN4O6S2/c18-12-9-30-16(14(12)19)31(26,27)23-13(15(24)25)8-10-2-4-11(5-3-10)28-6-1-7-29-22-17(20)21/h2-5,9,13,23H,1,6-8H2,(H,24,25)(H4,20,21,22)/t13-/m0/s1. The van der Waals surface area contributed by atoms with Gasteiger partial charge in [-0.25, -0.2) is 8.42 Å². The molecule has 2 rings (SSSR count). The number of nitrogens with one attached hydrogen (secondary N) is 1. The van der Waals surface area contributed by atoms with Gasteiger partial charge in [-0.1, -0.05) is 23.7 Å². The Morgan fingerprint density at radius 1 is 1.29 bits per heavy atom. The van der Waals surface area contributed by atoms with Crippen molar-refractivity contribution in [2.75, 3.05) is 13.2 Å². The molecule has 0 fully saturated rings. The van der Waals surface area contributed by atoms with Crippen LogP contribution in [0.25, 0.3) is 0 Å². The number of nitrogens with zero attached hydrogens (tertiary/aromatic N) is 1. The second-order valence-electron chi connectivity index (χ2n) is 6.10. The summed E-state index contributed by atoms with van der Waals surface area (Å²) in [5, 5.41) is 14.4. The molecule has 14 heteroatoms. The third-order valence-electron chi connectivity index (χ3n) is 3.68. The van der Waals surface area contributed by atoms with Crippen molar-refractivity contribution in [3.8, 4) is 5.75 Å². The molecule has 0 aliphatic carbocycles. The molecule has 31 heavy (non-hydrogen) atoms. The Balaban J connectivity index is 1.94. The van der Waals surface area contributed by atoms with Gasteiger partial charge in [-0.05, 0) is 45.2 Å². The second kappa shape index (κ2) is 11.5. The smallest absolute Gasteiger partial charge is 0.322 e. The summed E-state index contributed by atoms with van der Waals surface area (Å²) in [6.45, 7) is 0.634. The summed E-state index contributed by atoms with van der Waals surface area (Å²) in [6, 6.07) is 5.26. The number of sulfonamides is 1. The van der Waals surface area contributed by atoms with E-state index >= 15 is 0 Å². The van der Waals surface area contributed by atoms with Gasteiger partial charge in [-0.3, -0.25) is 4.79 Å². The number of rotatable bonds is 12. The van der Waals surface area contributed by atoms with E-state index in [-0.39, 0.29) is 28.2 Å². The Kier molecular flexibility index (Phi) is 9.37. The summed E-state index contributed by atoms with van der Waals surface area (Å²) in [5.74, 6) is -0.908. The highest BCUT2D eigenvalue weighted by Crippen LogP contribution is 2.35. The molecule has 1 atom stereocenters. The molecule has 0 aliphatic heterocycles. The maximum absolute atomic E-state index is 12.5. The van der Waals surface area contributed by atoms with Gasteiger partial charge in [0.15, 0.2) is 4.21 Å². The van der Waals surface area contributed by atoms with E-state index in [9.17, 15) is 18.3 Å². The SMILES string of the molecule is NC(N)=NOCCCOc1ccc(C[C@H](NS(=O)(=O)c2scc(Br)c2Cl)C(=O)O)cc1. The first-order chi connectivity index (χ1) is 14.6. The molecular formula is C17H20BrClN4O6S2. The minimum atomic E-state index is -4.10. The quantitative estimate of drug-likeness (QED) is 0.134. The average molecular weight is 556 g/mol. The van der Waals surface area contributed by atoms with Crippen molar-refractivity contribution < 1.29 is 27.9 Å². The largest absolute Gasteiger partial charge is 0.493 e. The Bertz CT molecular complexity index is 1030. The van der Waals surface area contributed by atoms with Crippen LogP contribution >= 0.6 is 38.9 Å². The van der Waals surface area contributed by atoms with Crippen LogP contribution in [-0.2, 0) is 26.1 Å². The maximum atomic E-state index is 12.5. The molecule has 1 heterocycles. The van der Waals surface area contributed by atoms with Crippen LogP contribution in [0.5, 0.6) is 5.75 Å². The first-order valence-corrected chi connectivity index (χ1v) is 12.2. The van der Waals surface area contributed by atoms with E-state index in [0.29, 0.717) is 28.8 Å². The van der Waals surface area contributed by atoms with Crippen LogP contribution in [0.2, 0.25) is 5.02 Å². The van der Waals surface area contributed by atoms with Crippen LogP contribution in [0.15, 0.2) is 43.5 Å². The van der Waals surface area contributed by atoms with Crippen molar-refractivity contribution in [3.63, 3.8) is 0 Å². The van der Waals surface area contributed by atoms with E-state index < -0.39 is 22.0 Å². The van der Waals surface area contributed by atoms with E-state index in [0.717, 1.165) is 11.3 Å². The van der Waals surface area contributed by atoms with E-state index in [4.69, 9.17) is 32.6 Å². The molecule has 0 aliphatic rings. The Morgan fingerprint density at radius 2 is 1.97 bits per heavy atom. The second-order valence-corrected chi connectivity index (χ2v) is 10.1. The summed E-state index contributed by atoms with van der Waals surface area (Å²) in [7, 11) is -4.10. The summed E-state index contributed by atoms with van der Waals surface area (Å²) in [6.07, 6.45) is 0.480. The van der Waals surface area contributed by atoms with Gasteiger partial charge in [-0.2, -0.15) is 4.72 Å². The number of aliphatic carboxylic acids is 1. The Labute approximate surface area is 196 Å². The van der Waals surface area contributed by atoms with E-state index in [1.54, 1.807) is 24.3 Å². The number of thiophene rings is 1. The fourth-order valence-corrected chi connectivity index (χ4v) is 5.95. The highest BCUT2D eigenvalue weighted by molar-refractivity contribution is 9.10. The minimum Gasteiger partial charge on any atom is -0.493 e. The number of guanidine groups is 1.